The van der Waals surface area contributed by atoms with E-state index in [0.717, 1.165) is 18.5 Å². The summed E-state index contributed by atoms with van der Waals surface area (Å²) < 4.78 is 0. The predicted molar refractivity (Wildman–Crippen MR) is 75.6 cm³/mol. The van der Waals surface area contributed by atoms with Crippen LogP contribution in [-0.4, -0.2) is 23.1 Å². The lowest BCUT2D eigenvalue weighted by atomic mass is 9.84. The van der Waals surface area contributed by atoms with Crippen molar-refractivity contribution < 1.29 is 5.11 Å². The molecule has 0 aromatic heterocycles. The third kappa shape index (κ3) is 3.49. The van der Waals surface area contributed by atoms with Gasteiger partial charge in [-0.05, 0) is 56.3 Å². The topological polar surface area (TPSA) is 23.5 Å². The zero-order valence-corrected chi connectivity index (χ0v) is 11.6. The van der Waals surface area contributed by atoms with E-state index >= 15 is 0 Å². The van der Waals surface area contributed by atoms with E-state index in [2.05, 4.69) is 18.9 Å². The minimum Gasteiger partial charge on any atom is -0.508 e. The Bertz CT molecular complexity index is 352. The van der Waals surface area contributed by atoms with Crippen LogP contribution in [0.3, 0.4) is 0 Å². The van der Waals surface area contributed by atoms with Gasteiger partial charge in [-0.3, -0.25) is 4.90 Å². The molecule has 2 heteroatoms. The lowest BCUT2D eigenvalue weighted by molar-refractivity contribution is 0.157. The number of hydrogen-bond donors (Lipinski definition) is 1. The summed E-state index contributed by atoms with van der Waals surface area (Å²) in [4.78, 5) is 2.47. The largest absolute Gasteiger partial charge is 0.508 e. The Hall–Kier alpha value is -1.02. The second-order valence-corrected chi connectivity index (χ2v) is 5.66. The number of hydrogen-bond acceptors (Lipinski definition) is 2. The fourth-order valence-corrected chi connectivity index (χ4v) is 3.01. The van der Waals surface area contributed by atoms with Crippen molar-refractivity contribution in [3.8, 4) is 5.75 Å². The van der Waals surface area contributed by atoms with Crippen molar-refractivity contribution in [1.29, 1.82) is 0 Å². The smallest absolute Gasteiger partial charge is 0.115 e. The quantitative estimate of drug-likeness (QED) is 0.875. The Balaban J connectivity index is 1.85. The average molecular weight is 247 g/mol. The van der Waals surface area contributed by atoms with Gasteiger partial charge in [0.15, 0.2) is 0 Å². The third-order valence-corrected chi connectivity index (χ3v) is 4.39. The Labute approximate surface area is 111 Å². The molecule has 100 valence electrons. The zero-order valence-electron chi connectivity index (χ0n) is 11.6. The molecule has 1 N–H and O–H groups in total. The van der Waals surface area contributed by atoms with E-state index in [0.29, 0.717) is 5.75 Å². The van der Waals surface area contributed by atoms with Crippen LogP contribution in [0.2, 0.25) is 0 Å². The van der Waals surface area contributed by atoms with Crippen molar-refractivity contribution in [3.63, 3.8) is 0 Å². The lowest BCUT2D eigenvalue weighted by Crippen LogP contribution is -2.34. The van der Waals surface area contributed by atoms with E-state index in [1.54, 1.807) is 12.1 Å². The van der Waals surface area contributed by atoms with Crippen molar-refractivity contribution in [3.05, 3.63) is 29.8 Å². The first-order valence-corrected chi connectivity index (χ1v) is 7.17. The minimum absolute atomic E-state index is 0.352. The molecule has 1 saturated carbocycles. The fraction of sp³-hybridized carbons (Fsp3) is 0.625. The molecule has 2 nitrogen and oxygen atoms in total. The highest BCUT2D eigenvalue weighted by Crippen LogP contribution is 2.29. The van der Waals surface area contributed by atoms with Gasteiger partial charge in [-0.2, -0.15) is 0 Å². The van der Waals surface area contributed by atoms with Crippen molar-refractivity contribution in [2.45, 2.75) is 51.6 Å². The number of benzene rings is 1. The third-order valence-electron chi connectivity index (χ3n) is 4.39. The Morgan fingerprint density at radius 3 is 2.28 bits per heavy atom. The molecular weight excluding hydrogens is 222 g/mol. The van der Waals surface area contributed by atoms with Gasteiger partial charge in [0.1, 0.15) is 5.75 Å². The summed E-state index contributed by atoms with van der Waals surface area (Å²) in [5.74, 6) is 1.31. The summed E-state index contributed by atoms with van der Waals surface area (Å²) in [5, 5.41) is 9.28. The molecule has 0 saturated heterocycles. The lowest BCUT2D eigenvalue weighted by Gasteiger charge is -2.34. The second kappa shape index (κ2) is 6.24. The highest BCUT2D eigenvalue weighted by molar-refractivity contribution is 5.25. The van der Waals surface area contributed by atoms with Gasteiger partial charge in [-0.1, -0.05) is 25.5 Å². The monoisotopic (exact) mass is 247 g/mol. The summed E-state index contributed by atoms with van der Waals surface area (Å²) in [7, 11) is 2.23. The maximum Gasteiger partial charge on any atom is 0.115 e. The summed E-state index contributed by atoms with van der Waals surface area (Å²) in [6.07, 6.45) is 6.80. The minimum atomic E-state index is 0.352. The number of aromatic hydroxyl groups is 1. The van der Waals surface area contributed by atoms with Crippen LogP contribution in [0.25, 0.3) is 0 Å². The van der Waals surface area contributed by atoms with Crippen molar-refractivity contribution in [2.24, 2.45) is 5.92 Å². The van der Waals surface area contributed by atoms with Crippen LogP contribution in [0.15, 0.2) is 24.3 Å². The molecule has 0 aliphatic heterocycles. The van der Waals surface area contributed by atoms with E-state index in [9.17, 15) is 5.11 Å². The second-order valence-electron chi connectivity index (χ2n) is 5.66. The van der Waals surface area contributed by atoms with Gasteiger partial charge in [-0.15, -0.1) is 0 Å². The molecule has 0 radical (unpaired) electrons. The van der Waals surface area contributed by atoms with E-state index in [1.165, 1.54) is 37.7 Å². The average Bonchev–Trinajstić information content (AvgIpc) is 2.41. The van der Waals surface area contributed by atoms with Crippen molar-refractivity contribution in [2.75, 3.05) is 7.05 Å². The SMILES string of the molecule is CCC1CCC(N(C)Cc2ccc(O)cc2)CC1. The Morgan fingerprint density at radius 1 is 1.11 bits per heavy atom. The first-order chi connectivity index (χ1) is 8.69. The molecule has 18 heavy (non-hydrogen) atoms. The van der Waals surface area contributed by atoms with Crippen LogP contribution in [0, 0.1) is 5.92 Å². The molecule has 2 rings (SSSR count). The van der Waals surface area contributed by atoms with Crippen LogP contribution in [-0.2, 0) is 6.54 Å². The summed E-state index contributed by atoms with van der Waals surface area (Å²) >= 11 is 0. The first-order valence-electron chi connectivity index (χ1n) is 7.17. The normalized spacial score (nSPS) is 24.4. The van der Waals surface area contributed by atoms with Crippen molar-refractivity contribution in [1.82, 2.24) is 4.90 Å². The summed E-state index contributed by atoms with van der Waals surface area (Å²) in [6.45, 7) is 3.30. The highest BCUT2D eigenvalue weighted by Gasteiger charge is 2.22. The number of nitrogens with zero attached hydrogens (tertiary/aromatic N) is 1. The molecule has 0 atom stereocenters. The fourth-order valence-electron chi connectivity index (χ4n) is 3.01. The molecule has 1 fully saturated rings. The van der Waals surface area contributed by atoms with E-state index in [1.807, 2.05) is 12.1 Å². The zero-order chi connectivity index (χ0) is 13.0. The van der Waals surface area contributed by atoms with Crippen LogP contribution in [0.4, 0.5) is 0 Å². The summed E-state index contributed by atoms with van der Waals surface area (Å²) in [6, 6.07) is 8.32. The number of phenols is 1. The Kier molecular flexibility index (Phi) is 4.65. The molecule has 0 unspecified atom stereocenters. The molecule has 1 aliphatic carbocycles. The molecule has 1 aliphatic rings. The van der Waals surface area contributed by atoms with Gasteiger partial charge in [0.25, 0.3) is 0 Å². The van der Waals surface area contributed by atoms with Crippen molar-refractivity contribution >= 4 is 0 Å². The molecule has 0 amide bonds. The predicted octanol–water partition coefficient (Wildman–Crippen LogP) is 3.79. The van der Waals surface area contributed by atoms with Gasteiger partial charge in [-0.25, -0.2) is 0 Å². The van der Waals surface area contributed by atoms with Gasteiger partial charge in [0.2, 0.25) is 0 Å². The van der Waals surface area contributed by atoms with Crippen LogP contribution in [0.5, 0.6) is 5.75 Å². The number of phenolic OH excluding ortho intramolecular Hbond substituents is 1. The van der Waals surface area contributed by atoms with E-state index in [4.69, 9.17) is 0 Å². The maximum absolute atomic E-state index is 9.28. The Morgan fingerprint density at radius 2 is 1.72 bits per heavy atom. The van der Waals surface area contributed by atoms with Gasteiger partial charge in [0, 0.05) is 12.6 Å². The van der Waals surface area contributed by atoms with Crippen LogP contribution < -0.4 is 0 Å². The van der Waals surface area contributed by atoms with Gasteiger partial charge >= 0.3 is 0 Å². The molecule has 0 bridgehead atoms. The highest BCUT2D eigenvalue weighted by atomic mass is 16.3. The molecular formula is C16H25NO. The standard InChI is InChI=1S/C16H25NO/c1-3-13-4-8-15(9-5-13)17(2)12-14-6-10-16(18)11-7-14/h6-7,10-11,13,15,18H,3-5,8-9,12H2,1-2H3. The van der Waals surface area contributed by atoms with Crippen LogP contribution >= 0.6 is 0 Å². The maximum atomic E-state index is 9.28. The molecule has 0 heterocycles. The van der Waals surface area contributed by atoms with E-state index in [-0.39, 0.29) is 0 Å². The first kappa shape index (κ1) is 13.4. The van der Waals surface area contributed by atoms with Crippen LogP contribution in [0.1, 0.15) is 44.6 Å². The summed E-state index contributed by atoms with van der Waals surface area (Å²) in [5.41, 5.74) is 1.29. The van der Waals surface area contributed by atoms with Gasteiger partial charge < -0.3 is 5.11 Å². The van der Waals surface area contributed by atoms with E-state index < -0.39 is 0 Å². The molecule has 1 aromatic carbocycles. The van der Waals surface area contributed by atoms with Gasteiger partial charge in [0.05, 0.1) is 0 Å². The molecule has 0 spiro atoms. The molecule has 1 aromatic rings. The number of rotatable bonds is 4.